The van der Waals surface area contributed by atoms with Gasteiger partial charge >= 0.3 is 9.28 Å². The van der Waals surface area contributed by atoms with Gasteiger partial charge in [0, 0.05) is 13.2 Å². The first-order chi connectivity index (χ1) is 9.26. The predicted octanol–water partition coefficient (Wildman–Crippen LogP) is 2.89. The van der Waals surface area contributed by atoms with Crippen molar-refractivity contribution in [3.63, 3.8) is 0 Å². The highest BCUT2D eigenvalue weighted by Crippen LogP contribution is 2.19. The highest BCUT2D eigenvalue weighted by atomic mass is 28.3. The Morgan fingerprint density at radius 2 is 1.37 bits per heavy atom. The van der Waals surface area contributed by atoms with Crippen LogP contribution >= 0.6 is 0 Å². The number of unbranched alkanes of at least 4 members (excludes halogenated alkanes) is 1. The van der Waals surface area contributed by atoms with Gasteiger partial charge in [-0.3, -0.25) is 0 Å². The maximum Gasteiger partial charge on any atom is 0.324 e. The summed E-state index contributed by atoms with van der Waals surface area (Å²) in [4.78, 5) is 0. The molecule has 0 heterocycles. The average Bonchev–Trinajstić information content (AvgIpc) is 2.43. The summed E-state index contributed by atoms with van der Waals surface area (Å²) in [6, 6.07) is 0. The second kappa shape index (κ2) is 14.5. The van der Waals surface area contributed by atoms with Crippen LogP contribution in [0.4, 0.5) is 0 Å². The van der Waals surface area contributed by atoms with E-state index in [1.807, 2.05) is 13.8 Å². The van der Waals surface area contributed by atoms with Gasteiger partial charge in [0.1, 0.15) is 0 Å². The Balaban J connectivity index is 3.91. The van der Waals surface area contributed by atoms with Crippen LogP contribution in [0.25, 0.3) is 0 Å². The third kappa shape index (κ3) is 11.6. The largest absolute Gasteiger partial charge is 0.394 e. The summed E-state index contributed by atoms with van der Waals surface area (Å²) < 4.78 is 22.4. The molecule has 0 radical (unpaired) electrons. The normalized spacial score (nSPS) is 13.1. The molecule has 0 spiro atoms. The molecule has 0 saturated heterocycles. The van der Waals surface area contributed by atoms with E-state index in [1.54, 1.807) is 0 Å². The van der Waals surface area contributed by atoms with Crippen LogP contribution in [-0.2, 0) is 18.3 Å². The molecule has 0 aliphatic rings. The molecule has 1 unspecified atom stereocenters. The van der Waals surface area contributed by atoms with Crippen molar-refractivity contribution in [2.75, 3.05) is 39.6 Å². The van der Waals surface area contributed by atoms with Gasteiger partial charge in [0.2, 0.25) is 0 Å². The van der Waals surface area contributed by atoms with Gasteiger partial charge in [0.15, 0.2) is 0 Å². The second-order valence-electron chi connectivity index (χ2n) is 4.62. The molecule has 0 aromatic rings. The summed E-state index contributed by atoms with van der Waals surface area (Å²) in [5.74, 6) is 0. The van der Waals surface area contributed by atoms with E-state index in [2.05, 4.69) is 13.8 Å². The van der Waals surface area contributed by atoms with Crippen molar-refractivity contribution >= 4 is 9.28 Å². The molecule has 0 aliphatic carbocycles. The van der Waals surface area contributed by atoms with Gasteiger partial charge in [0.25, 0.3) is 0 Å². The topological polar surface area (TPSA) is 36.9 Å². The number of hydrogen-bond acceptors (Lipinski definition) is 4. The Kier molecular flexibility index (Phi) is 14.5. The SMILES string of the molecule is CCCCC(C)[SiH](OCCOCC)OCCOCC. The van der Waals surface area contributed by atoms with Crippen molar-refractivity contribution < 1.29 is 18.3 Å². The zero-order chi connectivity index (χ0) is 14.3. The summed E-state index contributed by atoms with van der Waals surface area (Å²) in [5, 5.41) is 0. The molecule has 1 atom stereocenters. The van der Waals surface area contributed by atoms with E-state index in [9.17, 15) is 0 Å². The Labute approximate surface area is 120 Å². The van der Waals surface area contributed by atoms with E-state index in [0.717, 1.165) is 13.2 Å². The molecule has 0 amide bonds. The molecule has 19 heavy (non-hydrogen) atoms. The lowest BCUT2D eigenvalue weighted by Gasteiger charge is -2.22. The maximum absolute atomic E-state index is 5.92. The molecule has 0 aromatic carbocycles. The van der Waals surface area contributed by atoms with E-state index < -0.39 is 9.28 Å². The monoisotopic (exact) mass is 292 g/mol. The molecule has 0 saturated carbocycles. The second-order valence-corrected chi connectivity index (χ2v) is 7.16. The van der Waals surface area contributed by atoms with Crippen LogP contribution in [-0.4, -0.2) is 48.9 Å². The van der Waals surface area contributed by atoms with Crippen molar-refractivity contribution in [2.24, 2.45) is 0 Å². The maximum atomic E-state index is 5.92. The van der Waals surface area contributed by atoms with Crippen molar-refractivity contribution in [3.05, 3.63) is 0 Å². The van der Waals surface area contributed by atoms with E-state index >= 15 is 0 Å². The molecular formula is C14H32O4Si. The lowest BCUT2D eigenvalue weighted by molar-refractivity contribution is 0.0724. The van der Waals surface area contributed by atoms with E-state index in [0.29, 0.717) is 32.0 Å². The van der Waals surface area contributed by atoms with Crippen molar-refractivity contribution in [1.29, 1.82) is 0 Å². The third-order valence-electron chi connectivity index (χ3n) is 2.91. The van der Waals surface area contributed by atoms with Gasteiger partial charge in [-0.05, 0) is 25.8 Å². The highest BCUT2D eigenvalue weighted by Gasteiger charge is 2.21. The van der Waals surface area contributed by atoms with E-state index in [1.165, 1.54) is 19.3 Å². The predicted molar refractivity (Wildman–Crippen MR) is 81.0 cm³/mol. The van der Waals surface area contributed by atoms with Crippen LogP contribution in [0.1, 0.15) is 47.0 Å². The first-order valence-electron chi connectivity index (χ1n) is 7.64. The summed E-state index contributed by atoms with van der Waals surface area (Å²) in [6.07, 6.45) is 3.66. The number of rotatable bonds is 14. The zero-order valence-electron chi connectivity index (χ0n) is 13.2. The fourth-order valence-corrected chi connectivity index (χ4v) is 3.69. The first-order valence-corrected chi connectivity index (χ1v) is 9.25. The molecular weight excluding hydrogens is 260 g/mol. The standard InChI is InChI=1S/C14H32O4Si/c1-5-8-9-14(4)19(17-12-10-15-6-2)18-13-11-16-7-3/h14,19H,5-13H2,1-4H3. The molecule has 0 N–H and O–H groups in total. The minimum atomic E-state index is -1.60. The molecule has 4 nitrogen and oxygen atoms in total. The number of hydrogen-bond donors (Lipinski definition) is 0. The first kappa shape index (κ1) is 19.1. The average molecular weight is 292 g/mol. The van der Waals surface area contributed by atoms with Crippen LogP contribution in [0, 0.1) is 0 Å². The number of ether oxygens (including phenoxy) is 2. The quantitative estimate of drug-likeness (QED) is 0.364. The van der Waals surface area contributed by atoms with Gasteiger partial charge in [-0.25, -0.2) is 0 Å². The van der Waals surface area contributed by atoms with E-state index in [-0.39, 0.29) is 0 Å². The summed E-state index contributed by atoms with van der Waals surface area (Å²) in [6.45, 7) is 12.6. The summed E-state index contributed by atoms with van der Waals surface area (Å²) in [5.41, 5.74) is 0.545. The van der Waals surface area contributed by atoms with Gasteiger partial charge in [-0.1, -0.05) is 26.7 Å². The van der Waals surface area contributed by atoms with Crippen molar-refractivity contribution in [3.8, 4) is 0 Å². The third-order valence-corrected chi connectivity index (χ3v) is 5.30. The van der Waals surface area contributed by atoms with Crippen LogP contribution < -0.4 is 0 Å². The highest BCUT2D eigenvalue weighted by molar-refractivity contribution is 6.46. The fraction of sp³-hybridized carbons (Fsp3) is 1.00. The van der Waals surface area contributed by atoms with Gasteiger partial charge in [-0.2, -0.15) is 0 Å². The van der Waals surface area contributed by atoms with Crippen LogP contribution in [0.5, 0.6) is 0 Å². The van der Waals surface area contributed by atoms with Crippen molar-refractivity contribution in [2.45, 2.75) is 52.5 Å². The lowest BCUT2D eigenvalue weighted by Crippen LogP contribution is -2.30. The molecule has 0 bridgehead atoms. The summed E-state index contributed by atoms with van der Waals surface area (Å²) >= 11 is 0. The Morgan fingerprint density at radius 3 is 1.79 bits per heavy atom. The molecule has 0 aliphatic heterocycles. The van der Waals surface area contributed by atoms with Crippen LogP contribution in [0.2, 0.25) is 5.54 Å². The van der Waals surface area contributed by atoms with Crippen LogP contribution in [0.15, 0.2) is 0 Å². The lowest BCUT2D eigenvalue weighted by atomic mass is 10.2. The smallest absolute Gasteiger partial charge is 0.324 e. The fourth-order valence-electron chi connectivity index (χ4n) is 1.77. The molecule has 116 valence electrons. The Hall–Kier alpha value is 0.0569. The van der Waals surface area contributed by atoms with Gasteiger partial charge in [0.05, 0.1) is 26.4 Å². The minimum absolute atomic E-state index is 0.545. The van der Waals surface area contributed by atoms with Crippen molar-refractivity contribution in [1.82, 2.24) is 0 Å². The Bertz CT molecular complexity index is 169. The zero-order valence-corrected chi connectivity index (χ0v) is 14.3. The minimum Gasteiger partial charge on any atom is -0.394 e. The molecule has 0 rings (SSSR count). The Morgan fingerprint density at radius 1 is 0.842 bits per heavy atom. The summed E-state index contributed by atoms with van der Waals surface area (Å²) in [7, 11) is -1.60. The van der Waals surface area contributed by atoms with E-state index in [4.69, 9.17) is 18.3 Å². The molecule has 5 heteroatoms. The van der Waals surface area contributed by atoms with Gasteiger partial charge < -0.3 is 18.3 Å². The molecule has 0 aromatic heterocycles. The van der Waals surface area contributed by atoms with Crippen LogP contribution in [0.3, 0.4) is 0 Å². The van der Waals surface area contributed by atoms with Gasteiger partial charge in [-0.15, -0.1) is 0 Å². The molecule has 0 fully saturated rings.